The summed E-state index contributed by atoms with van der Waals surface area (Å²) in [7, 11) is 6.39. The topological polar surface area (TPSA) is 38.7 Å². The van der Waals surface area contributed by atoms with Gasteiger partial charge in [-0.2, -0.15) is 0 Å². The van der Waals surface area contributed by atoms with Crippen molar-refractivity contribution in [3.8, 4) is 0 Å². The summed E-state index contributed by atoms with van der Waals surface area (Å²) in [6, 6.07) is 0. The van der Waals surface area contributed by atoms with E-state index >= 15 is 0 Å². The number of nitrogens with zero attached hydrogens (tertiary/aromatic N) is 3. The number of hydrogen-bond acceptors (Lipinski definition) is 3. The first kappa shape index (κ1) is 5.28. The van der Waals surface area contributed by atoms with Crippen LogP contribution in [-0.4, -0.2) is 29.9 Å². The van der Waals surface area contributed by atoms with Crippen molar-refractivity contribution in [2.75, 3.05) is 0 Å². The normalized spacial score (nSPS) is 8.50. The minimum Gasteiger partial charge on any atom is -0.234 e. The minimum absolute atomic E-state index is 0.500. The Hall–Kier alpha value is -0.860. The van der Waals surface area contributed by atoms with Gasteiger partial charge in [-0.15, -0.1) is 0 Å². The van der Waals surface area contributed by atoms with Gasteiger partial charge in [0, 0.05) is 7.74 Å². The molecule has 3 nitrogen and oxygen atoms in total. The number of hydrogen-bond donors (Lipinski definition) is 0. The molecule has 1 aromatic rings. The summed E-state index contributed by atoms with van der Waals surface area (Å²) < 4.78 is 0. The average molecular weight is 102 g/mol. The van der Waals surface area contributed by atoms with E-state index < -0.39 is 0 Å². The van der Waals surface area contributed by atoms with E-state index in [1.165, 1.54) is 19.8 Å². The molecular formula is C3H2B2N3. The Labute approximate surface area is 49.2 Å². The lowest BCUT2D eigenvalue weighted by Gasteiger charge is -1.86. The lowest BCUT2D eigenvalue weighted by atomic mass is 9.55. The van der Waals surface area contributed by atoms with Gasteiger partial charge in [-0.1, -0.05) is 0 Å². The Bertz CT molecular complexity index is 154. The molecule has 0 atom stereocenters. The van der Waals surface area contributed by atoms with Crippen molar-refractivity contribution in [2.24, 2.45) is 0 Å². The van der Waals surface area contributed by atoms with E-state index in [2.05, 4.69) is 15.0 Å². The predicted octanol–water partition coefficient (Wildman–Crippen LogP) is -1.72. The summed E-state index contributed by atoms with van der Waals surface area (Å²) in [4.78, 5) is 11.0. The van der Waals surface area contributed by atoms with Crippen LogP contribution in [0.1, 0.15) is 0 Å². The molecule has 0 aliphatic carbocycles. The lowest BCUT2D eigenvalue weighted by Crippen LogP contribution is -2.21. The molecule has 0 aromatic carbocycles. The first-order chi connectivity index (χ1) is 3.93. The standard InChI is InChI=1S/C3H2B2N3/c4-5-3-7-1-6-2-8-3/h1-2H. The van der Waals surface area contributed by atoms with Crippen LogP contribution in [0.3, 0.4) is 0 Å². The van der Waals surface area contributed by atoms with Crippen LogP contribution in [0.25, 0.3) is 0 Å². The highest BCUT2D eigenvalue weighted by molar-refractivity contribution is 6.96. The van der Waals surface area contributed by atoms with E-state index in [1.807, 2.05) is 0 Å². The van der Waals surface area contributed by atoms with Crippen LogP contribution in [0.4, 0.5) is 0 Å². The Morgan fingerprint density at radius 2 is 2.00 bits per heavy atom. The van der Waals surface area contributed by atoms with Crippen molar-refractivity contribution in [1.82, 2.24) is 15.0 Å². The third-order valence-corrected chi connectivity index (χ3v) is 0.662. The van der Waals surface area contributed by atoms with Crippen molar-refractivity contribution in [3.05, 3.63) is 12.7 Å². The molecule has 0 saturated carbocycles. The van der Waals surface area contributed by atoms with Gasteiger partial charge in [0.15, 0.2) is 0 Å². The maximum Gasteiger partial charge on any atom is 0.148 e. The number of rotatable bonds is 1. The maximum absolute atomic E-state index is 5.07. The van der Waals surface area contributed by atoms with E-state index in [1.54, 1.807) is 0 Å². The molecule has 0 N–H and O–H groups in total. The molecule has 1 rings (SSSR count). The second kappa shape index (κ2) is 2.45. The molecule has 0 amide bonds. The molecule has 0 saturated heterocycles. The predicted molar refractivity (Wildman–Crippen MR) is 31.0 cm³/mol. The van der Waals surface area contributed by atoms with E-state index in [0.29, 0.717) is 5.72 Å². The summed E-state index contributed by atoms with van der Waals surface area (Å²) >= 11 is 0. The van der Waals surface area contributed by atoms with E-state index in [9.17, 15) is 0 Å². The second-order valence-corrected chi connectivity index (χ2v) is 1.16. The first-order valence-corrected chi connectivity index (χ1v) is 2.10. The maximum atomic E-state index is 5.07. The zero-order chi connectivity index (χ0) is 5.82. The smallest absolute Gasteiger partial charge is 0.148 e. The largest absolute Gasteiger partial charge is 0.234 e. The summed E-state index contributed by atoms with van der Waals surface area (Å²) in [5.74, 6) is 0. The van der Waals surface area contributed by atoms with Crippen LogP contribution < -0.4 is 5.72 Å². The SMILES string of the molecule is [B][B]c1ncncn1. The fourth-order valence-electron chi connectivity index (χ4n) is 0.334. The van der Waals surface area contributed by atoms with Crippen LogP contribution in [0.15, 0.2) is 12.7 Å². The van der Waals surface area contributed by atoms with Crippen molar-refractivity contribution in [3.63, 3.8) is 0 Å². The molecule has 35 valence electrons. The zero-order valence-corrected chi connectivity index (χ0v) is 4.15. The third-order valence-electron chi connectivity index (χ3n) is 0.662. The average Bonchev–Trinajstić information content (AvgIpc) is 1.90. The molecular weight excluding hydrogens is 99.7 g/mol. The molecule has 8 heavy (non-hydrogen) atoms. The van der Waals surface area contributed by atoms with Crippen LogP contribution in [-0.2, 0) is 0 Å². The Morgan fingerprint density at radius 1 is 1.38 bits per heavy atom. The Kier molecular flexibility index (Phi) is 1.62. The Balaban J connectivity index is 2.83. The number of aromatic nitrogens is 3. The molecule has 5 heteroatoms. The van der Waals surface area contributed by atoms with Gasteiger partial charge in [0.2, 0.25) is 0 Å². The lowest BCUT2D eigenvalue weighted by molar-refractivity contribution is 1.09. The first-order valence-electron chi connectivity index (χ1n) is 2.10. The molecule has 0 fully saturated rings. The fourth-order valence-corrected chi connectivity index (χ4v) is 0.334. The third kappa shape index (κ3) is 1.05. The molecule has 0 aliphatic rings. The van der Waals surface area contributed by atoms with Gasteiger partial charge in [0.25, 0.3) is 0 Å². The summed E-state index contributed by atoms with van der Waals surface area (Å²) in [6.45, 7) is 0. The van der Waals surface area contributed by atoms with Crippen LogP contribution in [0.2, 0.25) is 0 Å². The molecule has 0 bridgehead atoms. The quantitative estimate of drug-likeness (QED) is 0.396. The molecule has 0 spiro atoms. The van der Waals surface area contributed by atoms with Gasteiger partial charge >= 0.3 is 0 Å². The van der Waals surface area contributed by atoms with Crippen LogP contribution in [0, 0.1) is 0 Å². The molecule has 0 unspecified atom stereocenters. The van der Waals surface area contributed by atoms with Gasteiger partial charge in [-0.3, -0.25) is 0 Å². The monoisotopic (exact) mass is 102 g/mol. The minimum atomic E-state index is 0.500. The zero-order valence-electron chi connectivity index (χ0n) is 4.15. The van der Waals surface area contributed by atoms with Crippen molar-refractivity contribution in [2.45, 2.75) is 0 Å². The van der Waals surface area contributed by atoms with Gasteiger partial charge in [0.1, 0.15) is 19.8 Å². The highest BCUT2D eigenvalue weighted by Gasteiger charge is 1.85. The highest BCUT2D eigenvalue weighted by atomic mass is 14.9. The molecule has 0 aliphatic heterocycles. The van der Waals surface area contributed by atoms with Crippen molar-refractivity contribution in [1.29, 1.82) is 0 Å². The van der Waals surface area contributed by atoms with Gasteiger partial charge in [0.05, 0.1) is 5.72 Å². The highest BCUT2D eigenvalue weighted by Crippen LogP contribution is 1.57. The summed E-state index contributed by atoms with van der Waals surface area (Å²) in [5.41, 5.74) is 0.500. The van der Waals surface area contributed by atoms with Gasteiger partial charge < -0.3 is 0 Å². The van der Waals surface area contributed by atoms with Crippen molar-refractivity contribution < 1.29 is 0 Å². The van der Waals surface area contributed by atoms with Crippen LogP contribution in [0.5, 0.6) is 0 Å². The fraction of sp³-hybridized carbons (Fsp3) is 0. The van der Waals surface area contributed by atoms with Gasteiger partial charge in [-0.05, 0) is 0 Å². The van der Waals surface area contributed by atoms with E-state index in [-0.39, 0.29) is 0 Å². The Morgan fingerprint density at radius 3 is 2.38 bits per heavy atom. The summed E-state index contributed by atoms with van der Waals surface area (Å²) in [5, 5.41) is 0. The van der Waals surface area contributed by atoms with Crippen LogP contribution >= 0.6 is 0 Å². The van der Waals surface area contributed by atoms with E-state index in [0.717, 1.165) is 0 Å². The van der Waals surface area contributed by atoms with Gasteiger partial charge in [-0.25, -0.2) is 15.0 Å². The molecule has 3 radical (unpaired) electrons. The summed E-state index contributed by atoms with van der Waals surface area (Å²) in [6.07, 6.45) is 2.79. The van der Waals surface area contributed by atoms with Crippen molar-refractivity contribution >= 4 is 20.6 Å². The van der Waals surface area contributed by atoms with E-state index in [4.69, 9.17) is 7.74 Å². The molecule has 1 heterocycles. The second-order valence-electron chi connectivity index (χ2n) is 1.16. The molecule has 1 aromatic heterocycles.